The molecule has 0 fully saturated rings. The highest BCUT2D eigenvalue weighted by atomic mass is 16.3. The minimum absolute atomic E-state index is 0.0281. The largest absolute Gasteiger partial charge is 0.494 e. The Labute approximate surface area is 145 Å². The van der Waals surface area contributed by atoms with Crippen molar-refractivity contribution in [2.75, 3.05) is 20.6 Å². The van der Waals surface area contributed by atoms with E-state index in [9.17, 15) is 9.90 Å². The molecule has 3 aromatic rings. The van der Waals surface area contributed by atoms with Crippen molar-refractivity contribution in [2.45, 2.75) is 6.54 Å². The monoisotopic (exact) mass is 333 g/mol. The lowest BCUT2D eigenvalue weighted by Crippen LogP contribution is -2.29. The second-order valence-electron chi connectivity index (χ2n) is 6.61. The van der Waals surface area contributed by atoms with Crippen LogP contribution in [0, 0.1) is 5.41 Å². The van der Waals surface area contributed by atoms with Gasteiger partial charge in [0.25, 0.3) is 5.56 Å². The third-order valence-electron chi connectivity index (χ3n) is 4.78. The van der Waals surface area contributed by atoms with Crippen molar-refractivity contribution in [3.05, 3.63) is 63.9 Å². The molecule has 0 aliphatic heterocycles. The van der Waals surface area contributed by atoms with Crippen LogP contribution in [-0.2, 0) is 6.54 Å². The number of aromatic hydroxyl groups is 1. The topological polar surface area (TPSA) is 69.3 Å². The van der Waals surface area contributed by atoms with E-state index in [2.05, 4.69) is 0 Å². The summed E-state index contributed by atoms with van der Waals surface area (Å²) in [5.74, 6) is -0.0281. The van der Waals surface area contributed by atoms with Crippen molar-refractivity contribution < 1.29 is 5.11 Å². The van der Waals surface area contributed by atoms with Gasteiger partial charge in [-0.05, 0) is 25.7 Å². The number of nitrogens with one attached hydrogen (secondary N) is 1. The first-order valence-corrected chi connectivity index (χ1v) is 8.22. The molecule has 0 saturated carbocycles. The molecular weight excluding hydrogens is 314 g/mol. The number of hydrogen-bond donors (Lipinski definition) is 2. The van der Waals surface area contributed by atoms with E-state index in [1.54, 1.807) is 0 Å². The number of nitrogens with zero attached hydrogens (tertiary/aromatic N) is 2. The van der Waals surface area contributed by atoms with Crippen LogP contribution in [0.1, 0.15) is 11.1 Å². The highest BCUT2D eigenvalue weighted by molar-refractivity contribution is 6.27. The molecule has 0 saturated heterocycles. The van der Waals surface area contributed by atoms with Gasteiger partial charge >= 0.3 is 0 Å². The number of hydrogen-bond acceptors (Lipinski definition) is 4. The maximum Gasteiger partial charge on any atom is 0.261 e. The lowest BCUT2D eigenvalue weighted by molar-refractivity contribution is 0.353. The van der Waals surface area contributed by atoms with Gasteiger partial charge in [-0.25, -0.2) is 0 Å². The summed E-state index contributed by atoms with van der Waals surface area (Å²) in [5, 5.41) is 20.5. The van der Waals surface area contributed by atoms with E-state index in [1.165, 1.54) is 4.57 Å². The molecule has 1 aromatic heterocycles. The molecule has 5 heteroatoms. The summed E-state index contributed by atoms with van der Waals surface area (Å²) >= 11 is 0. The van der Waals surface area contributed by atoms with Crippen molar-refractivity contribution in [1.82, 2.24) is 9.47 Å². The van der Waals surface area contributed by atoms with Crippen LogP contribution in [-0.4, -0.2) is 40.9 Å². The van der Waals surface area contributed by atoms with E-state index >= 15 is 0 Å². The molecule has 1 aliphatic rings. The van der Waals surface area contributed by atoms with Crippen LogP contribution < -0.4 is 5.56 Å². The van der Waals surface area contributed by atoms with Gasteiger partial charge in [-0.3, -0.25) is 14.8 Å². The van der Waals surface area contributed by atoms with Gasteiger partial charge in [-0.2, -0.15) is 0 Å². The molecule has 0 bridgehead atoms. The number of rotatable bonds is 3. The zero-order valence-electron chi connectivity index (χ0n) is 14.2. The average Bonchev–Trinajstić information content (AvgIpc) is 2.60. The molecule has 126 valence electrons. The Balaban J connectivity index is 2.14. The van der Waals surface area contributed by atoms with E-state index in [0.29, 0.717) is 40.7 Å². The fraction of sp³-hybridized carbons (Fsp3) is 0.200. The van der Waals surface area contributed by atoms with Gasteiger partial charge in [0.1, 0.15) is 0 Å². The van der Waals surface area contributed by atoms with Crippen molar-refractivity contribution >= 4 is 16.5 Å². The number of likely N-dealkylation sites (N-methyl/N-ethyl adjacent to an activating group) is 1. The normalized spacial score (nSPS) is 12.7. The second kappa shape index (κ2) is 5.57. The summed E-state index contributed by atoms with van der Waals surface area (Å²) in [5.41, 5.74) is 2.97. The van der Waals surface area contributed by atoms with Crippen LogP contribution in [0.2, 0.25) is 0 Å². The first-order valence-electron chi connectivity index (χ1n) is 8.22. The fourth-order valence-electron chi connectivity index (χ4n) is 3.52. The minimum Gasteiger partial charge on any atom is -0.494 e. The Kier molecular flexibility index (Phi) is 3.47. The van der Waals surface area contributed by atoms with Gasteiger partial charge in [0.15, 0.2) is 0 Å². The molecule has 1 aliphatic carbocycles. The van der Waals surface area contributed by atoms with Gasteiger partial charge in [-0.1, -0.05) is 36.4 Å². The van der Waals surface area contributed by atoms with Crippen molar-refractivity contribution in [2.24, 2.45) is 0 Å². The van der Waals surface area contributed by atoms with Gasteiger partial charge in [0, 0.05) is 35.0 Å². The van der Waals surface area contributed by atoms with E-state index in [-0.39, 0.29) is 11.4 Å². The molecular formula is C20H19N3O2. The van der Waals surface area contributed by atoms with Crippen molar-refractivity contribution in [3.63, 3.8) is 0 Å². The molecule has 0 amide bonds. The summed E-state index contributed by atoms with van der Waals surface area (Å²) in [6.45, 7) is 1.06. The lowest BCUT2D eigenvalue weighted by Gasteiger charge is -2.23. The van der Waals surface area contributed by atoms with Crippen LogP contribution in [0.3, 0.4) is 0 Å². The van der Waals surface area contributed by atoms with Gasteiger partial charge in [0.2, 0.25) is 5.88 Å². The molecule has 1 heterocycles. The maximum atomic E-state index is 13.2. The highest BCUT2D eigenvalue weighted by Crippen LogP contribution is 2.39. The maximum absolute atomic E-state index is 13.2. The summed E-state index contributed by atoms with van der Waals surface area (Å²) in [7, 11) is 3.86. The molecule has 0 unspecified atom stereocenters. The van der Waals surface area contributed by atoms with E-state index < -0.39 is 0 Å². The lowest BCUT2D eigenvalue weighted by atomic mass is 9.83. The first-order chi connectivity index (χ1) is 12.0. The Bertz CT molecular complexity index is 1080. The summed E-state index contributed by atoms with van der Waals surface area (Å²) in [6, 6.07) is 13.0. The zero-order valence-corrected chi connectivity index (χ0v) is 14.2. The third kappa shape index (κ3) is 2.20. The molecule has 0 radical (unpaired) electrons. The molecule has 0 spiro atoms. The Morgan fingerprint density at radius 2 is 1.72 bits per heavy atom. The first kappa shape index (κ1) is 15.6. The predicted octanol–water partition coefficient (Wildman–Crippen LogP) is 2.67. The van der Waals surface area contributed by atoms with Crippen LogP contribution in [0.5, 0.6) is 5.88 Å². The Morgan fingerprint density at radius 1 is 1.04 bits per heavy atom. The number of aromatic nitrogens is 1. The van der Waals surface area contributed by atoms with Crippen LogP contribution in [0.15, 0.2) is 47.3 Å². The minimum atomic E-state index is -0.209. The van der Waals surface area contributed by atoms with Gasteiger partial charge in [-0.15, -0.1) is 0 Å². The molecule has 2 aromatic carbocycles. The number of pyridine rings is 1. The van der Waals surface area contributed by atoms with Crippen molar-refractivity contribution in [1.29, 1.82) is 5.41 Å². The molecule has 4 rings (SSSR count). The number of benzene rings is 2. The SMILES string of the molecule is CN(C)CCn1c(O)c2cccc3c2c(c1=O)-c1ccccc1C3=N. The van der Waals surface area contributed by atoms with Gasteiger partial charge < -0.3 is 10.0 Å². The second-order valence-corrected chi connectivity index (χ2v) is 6.61. The zero-order chi connectivity index (χ0) is 17.7. The molecule has 0 atom stereocenters. The quantitative estimate of drug-likeness (QED) is 0.606. The van der Waals surface area contributed by atoms with E-state index in [0.717, 1.165) is 11.1 Å². The Morgan fingerprint density at radius 3 is 2.44 bits per heavy atom. The predicted molar refractivity (Wildman–Crippen MR) is 99.8 cm³/mol. The summed E-state index contributed by atoms with van der Waals surface area (Å²) in [6.07, 6.45) is 0. The van der Waals surface area contributed by atoms with E-state index in [4.69, 9.17) is 5.41 Å². The molecule has 5 nitrogen and oxygen atoms in total. The summed E-state index contributed by atoms with van der Waals surface area (Å²) in [4.78, 5) is 15.2. The average molecular weight is 333 g/mol. The van der Waals surface area contributed by atoms with Crippen molar-refractivity contribution in [3.8, 4) is 17.0 Å². The van der Waals surface area contributed by atoms with Crippen LogP contribution in [0.25, 0.3) is 21.9 Å². The van der Waals surface area contributed by atoms with E-state index in [1.807, 2.05) is 61.5 Å². The van der Waals surface area contributed by atoms with Crippen LogP contribution >= 0.6 is 0 Å². The summed E-state index contributed by atoms with van der Waals surface area (Å²) < 4.78 is 1.44. The molecule has 2 N–H and O–H groups in total. The third-order valence-corrected chi connectivity index (χ3v) is 4.78. The number of fused-ring (bicyclic) bond motifs is 2. The standard InChI is InChI=1S/C20H19N3O2/c1-22(2)10-11-23-19(24)15-9-5-8-14-16(15)17(20(23)25)12-6-3-4-7-13(12)18(14)21/h3-9,21,24H,10-11H2,1-2H3. The smallest absolute Gasteiger partial charge is 0.261 e. The Hall–Kier alpha value is -2.92. The van der Waals surface area contributed by atoms with Gasteiger partial charge in [0.05, 0.1) is 11.3 Å². The molecule has 25 heavy (non-hydrogen) atoms. The fourth-order valence-corrected chi connectivity index (χ4v) is 3.52. The van der Waals surface area contributed by atoms with Crippen LogP contribution in [0.4, 0.5) is 0 Å². The highest BCUT2D eigenvalue weighted by Gasteiger charge is 2.27.